The molecule has 1 aliphatic carbocycles. The average Bonchev–Trinajstić information content (AvgIpc) is 2.42. The molecule has 0 saturated heterocycles. The van der Waals surface area contributed by atoms with E-state index in [4.69, 9.17) is 11.6 Å². The molecule has 1 fully saturated rings. The predicted octanol–water partition coefficient (Wildman–Crippen LogP) is 4.58. The minimum atomic E-state index is -0.121. The summed E-state index contributed by atoms with van der Waals surface area (Å²) in [6.07, 6.45) is 6.90. The van der Waals surface area contributed by atoms with Gasteiger partial charge in [0.05, 0.1) is 0 Å². The summed E-state index contributed by atoms with van der Waals surface area (Å²) in [5, 5.41) is 4.25. The zero-order chi connectivity index (χ0) is 13.7. The summed E-state index contributed by atoms with van der Waals surface area (Å²) in [7, 11) is 0. The van der Waals surface area contributed by atoms with Gasteiger partial charge in [-0.1, -0.05) is 31.4 Å². The fourth-order valence-electron chi connectivity index (χ4n) is 3.03. The molecule has 3 heteroatoms. The highest BCUT2D eigenvalue weighted by molar-refractivity contribution is 6.30. The molecule has 2 unspecified atom stereocenters. The Morgan fingerprint density at radius 3 is 2.89 bits per heavy atom. The molecule has 0 spiro atoms. The van der Waals surface area contributed by atoms with Crippen molar-refractivity contribution in [3.8, 4) is 0 Å². The zero-order valence-corrected chi connectivity index (χ0v) is 12.3. The van der Waals surface area contributed by atoms with Crippen LogP contribution < -0.4 is 5.32 Å². The zero-order valence-electron chi connectivity index (χ0n) is 11.6. The van der Waals surface area contributed by atoms with Crippen molar-refractivity contribution >= 4 is 11.6 Å². The molecule has 1 saturated carbocycles. The third-order valence-corrected chi connectivity index (χ3v) is 4.29. The monoisotopic (exact) mass is 283 g/mol. The lowest BCUT2D eigenvalue weighted by atomic mass is 9.80. The van der Waals surface area contributed by atoms with Crippen LogP contribution in [0.5, 0.6) is 0 Å². The Morgan fingerprint density at radius 1 is 1.32 bits per heavy atom. The van der Waals surface area contributed by atoms with Gasteiger partial charge in [0.1, 0.15) is 5.82 Å². The van der Waals surface area contributed by atoms with Crippen LogP contribution in [0.4, 0.5) is 4.39 Å². The third kappa shape index (κ3) is 4.19. The van der Waals surface area contributed by atoms with Crippen LogP contribution in [0.25, 0.3) is 0 Å². The van der Waals surface area contributed by atoms with Crippen molar-refractivity contribution < 1.29 is 4.39 Å². The minimum Gasteiger partial charge on any atom is -0.314 e. The van der Waals surface area contributed by atoms with E-state index >= 15 is 0 Å². The molecule has 1 aliphatic rings. The molecule has 1 aromatic carbocycles. The van der Waals surface area contributed by atoms with Crippen molar-refractivity contribution in [3.05, 3.63) is 34.6 Å². The summed E-state index contributed by atoms with van der Waals surface area (Å²) >= 11 is 5.97. The van der Waals surface area contributed by atoms with Crippen LogP contribution in [-0.2, 0) is 6.42 Å². The molecule has 0 amide bonds. The fraction of sp³-hybridized carbons (Fsp3) is 0.625. The largest absolute Gasteiger partial charge is 0.314 e. The molecule has 0 aliphatic heterocycles. The van der Waals surface area contributed by atoms with Crippen LogP contribution in [-0.4, -0.2) is 12.6 Å². The number of hydrogen-bond donors (Lipinski definition) is 1. The molecule has 0 bridgehead atoms. The summed E-state index contributed by atoms with van der Waals surface area (Å²) in [4.78, 5) is 0. The van der Waals surface area contributed by atoms with E-state index in [0.29, 0.717) is 17.0 Å². The highest BCUT2D eigenvalue weighted by Gasteiger charge is 2.25. The summed E-state index contributed by atoms with van der Waals surface area (Å²) in [6.45, 7) is 3.24. The molecule has 19 heavy (non-hydrogen) atoms. The predicted molar refractivity (Wildman–Crippen MR) is 79.2 cm³/mol. The molecular formula is C16H23ClFN. The van der Waals surface area contributed by atoms with Gasteiger partial charge in [0, 0.05) is 11.1 Å². The Balaban J connectivity index is 2.04. The van der Waals surface area contributed by atoms with E-state index in [1.54, 1.807) is 12.1 Å². The van der Waals surface area contributed by atoms with Gasteiger partial charge in [0.2, 0.25) is 0 Å². The van der Waals surface area contributed by atoms with E-state index in [2.05, 4.69) is 12.2 Å². The average molecular weight is 284 g/mol. The fourth-order valence-corrected chi connectivity index (χ4v) is 3.23. The number of hydrogen-bond acceptors (Lipinski definition) is 1. The van der Waals surface area contributed by atoms with Gasteiger partial charge >= 0.3 is 0 Å². The second kappa shape index (κ2) is 7.25. The van der Waals surface area contributed by atoms with Gasteiger partial charge in [-0.2, -0.15) is 0 Å². The maximum Gasteiger partial charge on any atom is 0.126 e. The van der Waals surface area contributed by atoms with Crippen molar-refractivity contribution in [2.24, 2.45) is 5.92 Å². The van der Waals surface area contributed by atoms with Gasteiger partial charge in [0.25, 0.3) is 0 Å². The maximum absolute atomic E-state index is 13.8. The number of benzene rings is 1. The Bertz CT molecular complexity index is 408. The minimum absolute atomic E-state index is 0.121. The maximum atomic E-state index is 13.8. The van der Waals surface area contributed by atoms with E-state index in [0.717, 1.165) is 24.9 Å². The standard InChI is InChI=1S/C16H23ClFN/c1-2-9-19-16-6-4-3-5-12(16)10-13-11-14(17)7-8-15(13)18/h7-8,11-12,16,19H,2-6,9-10H2,1H3. The number of nitrogens with one attached hydrogen (secondary N) is 1. The molecule has 2 rings (SSSR count). The highest BCUT2D eigenvalue weighted by atomic mass is 35.5. The van der Waals surface area contributed by atoms with Crippen molar-refractivity contribution in [2.75, 3.05) is 6.54 Å². The second-order valence-electron chi connectivity index (χ2n) is 5.55. The molecule has 1 aromatic rings. The first-order valence-corrected chi connectivity index (χ1v) is 7.75. The topological polar surface area (TPSA) is 12.0 Å². The molecule has 0 aromatic heterocycles. The van der Waals surface area contributed by atoms with Crippen LogP contribution in [0, 0.1) is 11.7 Å². The Hall–Kier alpha value is -0.600. The lowest BCUT2D eigenvalue weighted by molar-refractivity contribution is 0.259. The highest BCUT2D eigenvalue weighted by Crippen LogP contribution is 2.29. The van der Waals surface area contributed by atoms with Crippen molar-refractivity contribution in [1.82, 2.24) is 5.32 Å². The quantitative estimate of drug-likeness (QED) is 0.834. The van der Waals surface area contributed by atoms with Gasteiger partial charge in [-0.05, 0) is 61.9 Å². The number of halogens is 2. The van der Waals surface area contributed by atoms with E-state index < -0.39 is 0 Å². The normalized spacial score (nSPS) is 23.5. The van der Waals surface area contributed by atoms with Crippen molar-refractivity contribution in [2.45, 2.75) is 51.5 Å². The van der Waals surface area contributed by atoms with Gasteiger partial charge < -0.3 is 5.32 Å². The first-order chi connectivity index (χ1) is 9.20. The molecule has 2 atom stereocenters. The van der Waals surface area contributed by atoms with E-state index in [-0.39, 0.29) is 5.82 Å². The van der Waals surface area contributed by atoms with Gasteiger partial charge in [-0.15, -0.1) is 0 Å². The molecule has 1 nitrogen and oxygen atoms in total. The lowest BCUT2D eigenvalue weighted by Crippen LogP contribution is -2.40. The number of rotatable bonds is 5. The summed E-state index contributed by atoms with van der Waals surface area (Å²) in [5.41, 5.74) is 0.766. The van der Waals surface area contributed by atoms with Crippen LogP contribution in [0.15, 0.2) is 18.2 Å². The Kier molecular flexibility index (Phi) is 5.65. The second-order valence-corrected chi connectivity index (χ2v) is 5.98. The summed E-state index contributed by atoms with van der Waals surface area (Å²) < 4.78 is 13.8. The third-order valence-electron chi connectivity index (χ3n) is 4.06. The summed E-state index contributed by atoms with van der Waals surface area (Å²) in [6, 6.07) is 5.41. The van der Waals surface area contributed by atoms with Gasteiger partial charge in [0.15, 0.2) is 0 Å². The van der Waals surface area contributed by atoms with E-state index in [1.165, 1.54) is 31.7 Å². The van der Waals surface area contributed by atoms with Crippen molar-refractivity contribution in [3.63, 3.8) is 0 Å². The molecule has 0 radical (unpaired) electrons. The lowest BCUT2D eigenvalue weighted by Gasteiger charge is -2.32. The van der Waals surface area contributed by atoms with E-state index in [9.17, 15) is 4.39 Å². The molecule has 0 heterocycles. The first-order valence-electron chi connectivity index (χ1n) is 7.38. The van der Waals surface area contributed by atoms with Crippen molar-refractivity contribution in [1.29, 1.82) is 0 Å². The van der Waals surface area contributed by atoms with Crippen LogP contribution in [0.1, 0.15) is 44.6 Å². The molecule has 106 valence electrons. The smallest absolute Gasteiger partial charge is 0.126 e. The summed E-state index contributed by atoms with van der Waals surface area (Å²) in [5.74, 6) is 0.414. The Morgan fingerprint density at radius 2 is 2.11 bits per heavy atom. The van der Waals surface area contributed by atoms with E-state index in [1.807, 2.05) is 0 Å². The van der Waals surface area contributed by atoms with Gasteiger partial charge in [-0.3, -0.25) is 0 Å². The Labute approximate surface area is 120 Å². The van der Waals surface area contributed by atoms with Gasteiger partial charge in [-0.25, -0.2) is 4.39 Å². The van der Waals surface area contributed by atoms with Crippen LogP contribution in [0.3, 0.4) is 0 Å². The van der Waals surface area contributed by atoms with Crippen LogP contribution in [0.2, 0.25) is 5.02 Å². The molecular weight excluding hydrogens is 261 g/mol. The SMILES string of the molecule is CCCNC1CCCCC1Cc1cc(Cl)ccc1F. The first kappa shape index (κ1) is 14.8. The molecule has 1 N–H and O–H groups in total. The van der Waals surface area contributed by atoms with Crippen LogP contribution >= 0.6 is 11.6 Å².